The van der Waals surface area contributed by atoms with E-state index in [-0.39, 0.29) is 17.4 Å². The molecule has 2 aliphatic rings. The molecule has 1 heterocycles. The second-order valence-electron chi connectivity index (χ2n) is 5.60. The summed E-state index contributed by atoms with van der Waals surface area (Å²) in [7, 11) is 0. The summed E-state index contributed by atoms with van der Waals surface area (Å²) in [6.45, 7) is 5.02. The molecule has 0 radical (unpaired) electrons. The zero-order chi connectivity index (χ0) is 12.3. The Kier molecular flexibility index (Phi) is 4.05. The lowest BCUT2D eigenvalue weighted by atomic mass is 9.74. The van der Waals surface area contributed by atoms with E-state index < -0.39 is 0 Å². The van der Waals surface area contributed by atoms with Crippen LogP contribution in [0.1, 0.15) is 39.0 Å². The molecule has 2 unspecified atom stereocenters. The summed E-state index contributed by atoms with van der Waals surface area (Å²) in [5.41, 5.74) is 5.97. The minimum Gasteiger partial charge on any atom is -0.380 e. The number of nitrogens with two attached hydrogens (primary N) is 1. The van der Waals surface area contributed by atoms with Crippen LogP contribution in [-0.4, -0.2) is 42.6 Å². The summed E-state index contributed by atoms with van der Waals surface area (Å²) < 4.78 is 5.39. The zero-order valence-electron chi connectivity index (χ0n) is 10.8. The van der Waals surface area contributed by atoms with Crippen LogP contribution >= 0.6 is 0 Å². The van der Waals surface area contributed by atoms with Crippen molar-refractivity contribution >= 4 is 5.91 Å². The number of carbonyl (C=O) groups is 1. The van der Waals surface area contributed by atoms with Crippen LogP contribution in [0.3, 0.4) is 0 Å². The predicted molar refractivity (Wildman–Crippen MR) is 66.6 cm³/mol. The average molecular weight is 240 g/mol. The Morgan fingerprint density at radius 2 is 2.12 bits per heavy atom. The lowest BCUT2D eigenvalue weighted by molar-refractivity contribution is -0.139. The third-order valence-corrected chi connectivity index (χ3v) is 4.09. The van der Waals surface area contributed by atoms with Crippen LogP contribution in [0.15, 0.2) is 0 Å². The molecule has 1 aliphatic heterocycles. The third kappa shape index (κ3) is 2.99. The molecule has 0 bridgehead atoms. The van der Waals surface area contributed by atoms with E-state index in [0.29, 0.717) is 6.61 Å². The van der Waals surface area contributed by atoms with E-state index in [1.165, 1.54) is 0 Å². The summed E-state index contributed by atoms with van der Waals surface area (Å²) in [6.07, 6.45) is 5.14. The standard InChI is InChI=1S/C13H24N2O2/c1-13(14)6-3-2-5-11(13)12(16)15-7-4-9-17-10-8-15/h11H,2-10,14H2,1H3. The highest BCUT2D eigenvalue weighted by atomic mass is 16.5. The first-order chi connectivity index (χ1) is 8.11. The highest BCUT2D eigenvalue weighted by molar-refractivity contribution is 5.80. The second kappa shape index (κ2) is 5.36. The zero-order valence-corrected chi connectivity index (χ0v) is 10.8. The molecule has 1 saturated heterocycles. The summed E-state index contributed by atoms with van der Waals surface area (Å²) in [5.74, 6) is 0.259. The van der Waals surface area contributed by atoms with Gasteiger partial charge in [-0.2, -0.15) is 0 Å². The topological polar surface area (TPSA) is 55.6 Å². The van der Waals surface area contributed by atoms with E-state index in [2.05, 4.69) is 0 Å². The van der Waals surface area contributed by atoms with Crippen LogP contribution in [0.2, 0.25) is 0 Å². The van der Waals surface area contributed by atoms with Gasteiger partial charge < -0.3 is 15.4 Å². The smallest absolute Gasteiger partial charge is 0.227 e. The first kappa shape index (κ1) is 12.8. The van der Waals surface area contributed by atoms with E-state index >= 15 is 0 Å². The molecule has 1 amide bonds. The summed E-state index contributed by atoms with van der Waals surface area (Å²) in [5, 5.41) is 0. The van der Waals surface area contributed by atoms with Crippen LogP contribution in [0, 0.1) is 5.92 Å². The highest BCUT2D eigenvalue weighted by Gasteiger charge is 2.39. The van der Waals surface area contributed by atoms with Gasteiger partial charge in [0.15, 0.2) is 0 Å². The molecule has 98 valence electrons. The molecular formula is C13H24N2O2. The molecule has 4 nitrogen and oxygen atoms in total. The Labute approximate surface area is 103 Å². The number of hydrogen-bond acceptors (Lipinski definition) is 3. The van der Waals surface area contributed by atoms with Crippen molar-refractivity contribution in [1.82, 2.24) is 4.90 Å². The second-order valence-corrected chi connectivity index (χ2v) is 5.60. The monoisotopic (exact) mass is 240 g/mol. The maximum atomic E-state index is 12.5. The van der Waals surface area contributed by atoms with Crippen molar-refractivity contribution < 1.29 is 9.53 Å². The van der Waals surface area contributed by atoms with E-state index in [9.17, 15) is 4.79 Å². The van der Waals surface area contributed by atoms with Gasteiger partial charge in [0.25, 0.3) is 0 Å². The van der Waals surface area contributed by atoms with Crippen molar-refractivity contribution in [3.05, 3.63) is 0 Å². The molecule has 17 heavy (non-hydrogen) atoms. The van der Waals surface area contributed by atoms with E-state index in [4.69, 9.17) is 10.5 Å². The van der Waals surface area contributed by atoms with Crippen LogP contribution in [0.25, 0.3) is 0 Å². The molecule has 2 rings (SSSR count). The first-order valence-corrected chi connectivity index (χ1v) is 6.77. The Morgan fingerprint density at radius 3 is 2.88 bits per heavy atom. The van der Waals surface area contributed by atoms with E-state index in [0.717, 1.165) is 51.8 Å². The van der Waals surface area contributed by atoms with E-state index in [1.54, 1.807) is 0 Å². The molecule has 2 atom stereocenters. The number of ether oxygens (including phenoxy) is 1. The summed E-state index contributed by atoms with van der Waals surface area (Å²) in [6, 6.07) is 0. The van der Waals surface area contributed by atoms with Crippen molar-refractivity contribution in [3.8, 4) is 0 Å². The SMILES string of the molecule is CC1(N)CCCCC1C(=O)N1CCCOCC1. The van der Waals surface area contributed by atoms with Gasteiger partial charge in [-0.25, -0.2) is 0 Å². The highest BCUT2D eigenvalue weighted by Crippen LogP contribution is 2.33. The van der Waals surface area contributed by atoms with Crippen molar-refractivity contribution in [2.24, 2.45) is 11.7 Å². The minimum absolute atomic E-state index is 0.00866. The Balaban J connectivity index is 2.01. The molecule has 0 aromatic heterocycles. The fraction of sp³-hybridized carbons (Fsp3) is 0.923. The van der Waals surface area contributed by atoms with Gasteiger partial charge in [-0.1, -0.05) is 12.8 Å². The van der Waals surface area contributed by atoms with Gasteiger partial charge >= 0.3 is 0 Å². The van der Waals surface area contributed by atoms with Crippen LogP contribution in [0.5, 0.6) is 0 Å². The van der Waals surface area contributed by atoms with Gasteiger partial charge in [-0.15, -0.1) is 0 Å². The van der Waals surface area contributed by atoms with Crippen LogP contribution < -0.4 is 5.73 Å². The summed E-state index contributed by atoms with van der Waals surface area (Å²) in [4.78, 5) is 14.5. The lowest BCUT2D eigenvalue weighted by Crippen LogP contribution is -2.54. The summed E-state index contributed by atoms with van der Waals surface area (Å²) >= 11 is 0. The fourth-order valence-corrected chi connectivity index (χ4v) is 2.95. The molecule has 2 fully saturated rings. The third-order valence-electron chi connectivity index (χ3n) is 4.09. The van der Waals surface area contributed by atoms with Crippen molar-refractivity contribution in [2.45, 2.75) is 44.6 Å². The molecule has 1 saturated carbocycles. The normalized spacial score (nSPS) is 35.4. The molecule has 0 aromatic rings. The van der Waals surface area contributed by atoms with Gasteiger partial charge in [0, 0.05) is 25.2 Å². The number of nitrogens with zero attached hydrogens (tertiary/aromatic N) is 1. The molecule has 0 aromatic carbocycles. The van der Waals surface area contributed by atoms with E-state index in [1.807, 2.05) is 11.8 Å². The molecule has 4 heteroatoms. The average Bonchev–Trinajstić information content (AvgIpc) is 2.56. The van der Waals surface area contributed by atoms with Gasteiger partial charge in [-0.3, -0.25) is 4.79 Å². The minimum atomic E-state index is -0.317. The molecular weight excluding hydrogens is 216 g/mol. The number of carbonyl (C=O) groups excluding carboxylic acids is 1. The quantitative estimate of drug-likeness (QED) is 0.748. The van der Waals surface area contributed by atoms with Crippen molar-refractivity contribution in [2.75, 3.05) is 26.3 Å². The van der Waals surface area contributed by atoms with Gasteiger partial charge in [0.2, 0.25) is 5.91 Å². The molecule has 0 spiro atoms. The van der Waals surface area contributed by atoms with Crippen molar-refractivity contribution in [3.63, 3.8) is 0 Å². The predicted octanol–water partition coefficient (Wildman–Crippen LogP) is 1.14. The maximum absolute atomic E-state index is 12.5. The van der Waals surface area contributed by atoms with Gasteiger partial charge in [0.05, 0.1) is 12.5 Å². The maximum Gasteiger partial charge on any atom is 0.227 e. The number of hydrogen-bond donors (Lipinski definition) is 1. The fourth-order valence-electron chi connectivity index (χ4n) is 2.95. The Morgan fingerprint density at radius 1 is 1.29 bits per heavy atom. The van der Waals surface area contributed by atoms with Gasteiger partial charge in [-0.05, 0) is 26.2 Å². The number of rotatable bonds is 1. The Hall–Kier alpha value is -0.610. The van der Waals surface area contributed by atoms with Crippen LogP contribution in [-0.2, 0) is 9.53 Å². The molecule has 2 N–H and O–H groups in total. The van der Waals surface area contributed by atoms with Crippen LogP contribution in [0.4, 0.5) is 0 Å². The first-order valence-electron chi connectivity index (χ1n) is 6.77. The molecule has 1 aliphatic carbocycles. The Bertz CT molecular complexity index is 271. The van der Waals surface area contributed by atoms with Gasteiger partial charge in [0.1, 0.15) is 0 Å². The lowest BCUT2D eigenvalue weighted by Gasteiger charge is -2.39. The van der Waals surface area contributed by atoms with Crippen molar-refractivity contribution in [1.29, 1.82) is 0 Å². The number of amides is 1. The largest absolute Gasteiger partial charge is 0.380 e.